The van der Waals surface area contributed by atoms with Crippen molar-refractivity contribution >= 4 is 5.91 Å². The zero-order chi connectivity index (χ0) is 11.3. The van der Waals surface area contributed by atoms with Gasteiger partial charge in [-0.3, -0.25) is 4.79 Å². The molecule has 1 amide bonds. The van der Waals surface area contributed by atoms with Crippen LogP contribution in [0.4, 0.5) is 0 Å². The molecule has 0 saturated carbocycles. The average molecular weight is 208 g/mol. The Labute approximate surface area is 89.1 Å². The first kappa shape index (κ1) is 11.7. The Kier molecular flexibility index (Phi) is 4.27. The SMILES string of the molecule is C[C@@H](N)C(=O)N[C@H](CO)c1ccccc1. The van der Waals surface area contributed by atoms with E-state index in [-0.39, 0.29) is 18.6 Å². The van der Waals surface area contributed by atoms with E-state index in [9.17, 15) is 4.79 Å². The molecule has 4 heteroatoms. The van der Waals surface area contributed by atoms with E-state index in [1.165, 1.54) is 0 Å². The van der Waals surface area contributed by atoms with Crippen LogP contribution >= 0.6 is 0 Å². The van der Waals surface area contributed by atoms with Crippen molar-refractivity contribution in [3.63, 3.8) is 0 Å². The van der Waals surface area contributed by atoms with E-state index >= 15 is 0 Å². The number of hydrogen-bond donors (Lipinski definition) is 3. The van der Waals surface area contributed by atoms with E-state index in [2.05, 4.69) is 5.32 Å². The largest absolute Gasteiger partial charge is 0.394 e. The molecule has 4 nitrogen and oxygen atoms in total. The quantitative estimate of drug-likeness (QED) is 0.661. The Morgan fingerprint density at radius 1 is 1.47 bits per heavy atom. The third-order valence-corrected chi connectivity index (χ3v) is 2.11. The number of amides is 1. The molecule has 2 atom stereocenters. The molecule has 0 aromatic heterocycles. The van der Waals surface area contributed by atoms with Crippen molar-refractivity contribution < 1.29 is 9.90 Å². The van der Waals surface area contributed by atoms with Crippen LogP contribution in [0.15, 0.2) is 30.3 Å². The van der Waals surface area contributed by atoms with Gasteiger partial charge in [0.25, 0.3) is 0 Å². The number of carbonyl (C=O) groups excluding carboxylic acids is 1. The molecule has 82 valence electrons. The molecule has 0 fully saturated rings. The van der Waals surface area contributed by atoms with Crippen molar-refractivity contribution in [3.8, 4) is 0 Å². The number of nitrogens with two attached hydrogens (primary N) is 1. The minimum Gasteiger partial charge on any atom is -0.394 e. The third kappa shape index (κ3) is 3.34. The molecular formula is C11H16N2O2. The average Bonchev–Trinajstić information content (AvgIpc) is 2.26. The lowest BCUT2D eigenvalue weighted by molar-refractivity contribution is -0.123. The van der Waals surface area contributed by atoms with Gasteiger partial charge in [-0.1, -0.05) is 30.3 Å². The van der Waals surface area contributed by atoms with Gasteiger partial charge in [0.05, 0.1) is 18.7 Å². The van der Waals surface area contributed by atoms with Crippen LogP contribution in [0.3, 0.4) is 0 Å². The lowest BCUT2D eigenvalue weighted by Crippen LogP contribution is -2.41. The van der Waals surface area contributed by atoms with Gasteiger partial charge in [0, 0.05) is 0 Å². The van der Waals surface area contributed by atoms with Crippen LogP contribution in [0.25, 0.3) is 0 Å². The summed E-state index contributed by atoms with van der Waals surface area (Å²) in [5, 5.41) is 11.8. The molecule has 4 N–H and O–H groups in total. The lowest BCUT2D eigenvalue weighted by atomic mass is 10.1. The molecule has 0 radical (unpaired) electrons. The van der Waals surface area contributed by atoms with Crippen LogP contribution in [-0.4, -0.2) is 23.7 Å². The number of carbonyl (C=O) groups is 1. The van der Waals surface area contributed by atoms with E-state index in [0.29, 0.717) is 0 Å². The topological polar surface area (TPSA) is 75.4 Å². The molecule has 0 aliphatic rings. The first-order valence-electron chi connectivity index (χ1n) is 4.87. The van der Waals surface area contributed by atoms with Gasteiger partial charge in [-0.15, -0.1) is 0 Å². The van der Waals surface area contributed by atoms with Crippen LogP contribution < -0.4 is 11.1 Å². The fourth-order valence-electron chi connectivity index (χ4n) is 1.22. The molecule has 0 aliphatic carbocycles. The Bertz CT molecular complexity index is 312. The predicted molar refractivity (Wildman–Crippen MR) is 58.1 cm³/mol. The summed E-state index contributed by atoms with van der Waals surface area (Å²) in [5.74, 6) is -0.266. The summed E-state index contributed by atoms with van der Waals surface area (Å²) in [6.07, 6.45) is 0. The molecule has 1 aromatic rings. The van der Waals surface area contributed by atoms with E-state index in [0.717, 1.165) is 5.56 Å². The fourth-order valence-corrected chi connectivity index (χ4v) is 1.22. The molecule has 1 aromatic carbocycles. The second-order valence-corrected chi connectivity index (χ2v) is 3.44. The fraction of sp³-hybridized carbons (Fsp3) is 0.364. The van der Waals surface area contributed by atoms with Crippen molar-refractivity contribution in [1.82, 2.24) is 5.32 Å². The maximum absolute atomic E-state index is 11.3. The highest BCUT2D eigenvalue weighted by molar-refractivity contribution is 5.81. The molecule has 0 heterocycles. The standard InChI is InChI=1S/C11H16N2O2/c1-8(12)11(15)13-10(7-14)9-5-3-2-4-6-9/h2-6,8,10,14H,7,12H2,1H3,(H,13,15)/t8-,10-/m1/s1. The number of aliphatic hydroxyl groups is 1. The summed E-state index contributed by atoms with van der Waals surface area (Å²) in [6, 6.07) is 8.34. The summed E-state index contributed by atoms with van der Waals surface area (Å²) in [7, 11) is 0. The zero-order valence-corrected chi connectivity index (χ0v) is 8.68. The second-order valence-electron chi connectivity index (χ2n) is 3.44. The van der Waals surface area contributed by atoms with Crippen LogP contribution in [0.2, 0.25) is 0 Å². The van der Waals surface area contributed by atoms with Crippen molar-refractivity contribution in [2.45, 2.75) is 19.0 Å². The normalized spacial score (nSPS) is 14.3. The molecule has 0 saturated heterocycles. The molecular weight excluding hydrogens is 192 g/mol. The number of benzene rings is 1. The van der Waals surface area contributed by atoms with E-state index in [1.54, 1.807) is 6.92 Å². The van der Waals surface area contributed by atoms with Crippen molar-refractivity contribution in [2.75, 3.05) is 6.61 Å². The second kappa shape index (κ2) is 5.48. The summed E-state index contributed by atoms with van der Waals surface area (Å²) >= 11 is 0. The first-order valence-corrected chi connectivity index (χ1v) is 4.87. The van der Waals surface area contributed by atoms with Gasteiger partial charge < -0.3 is 16.2 Å². The highest BCUT2D eigenvalue weighted by Gasteiger charge is 2.15. The van der Waals surface area contributed by atoms with E-state index in [1.807, 2.05) is 30.3 Å². The van der Waals surface area contributed by atoms with Crippen LogP contribution in [0, 0.1) is 0 Å². The van der Waals surface area contributed by atoms with E-state index < -0.39 is 6.04 Å². The molecule has 0 bridgehead atoms. The van der Waals surface area contributed by atoms with E-state index in [4.69, 9.17) is 10.8 Å². The van der Waals surface area contributed by atoms with Crippen molar-refractivity contribution in [3.05, 3.63) is 35.9 Å². The minimum absolute atomic E-state index is 0.136. The van der Waals surface area contributed by atoms with Crippen LogP contribution in [0.5, 0.6) is 0 Å². The highest BCUT2D eigenvalue weighted by Crippen LogP contribution is 2.11. The molecule has 0 aliphatic heterocycles. The maximum atomic E-state index is 11.3. The Hall–Kier alpha value is -1.39. The summed E-state index contributed by atoms with van der Waals surface area (Å²) in [4.78, 5) is 11.3. The number of hydrogen-bond acceptors (Lipinski definition) is 3. The van der Waals surface area contributed by atoms with Crippen LogP contribution in [0.1, 0.15) is 18.5 Å². The maximum Gasteiger partial charge on any atom is 0.237 e. The Morgan fingerprint density at radius 3 is 2.53 bits per heavy atom. The molecule has 1 rings (SSSR count). The van der Waals surface area contributed by atoms with Gasteiger partial charge in [-0.05, 0) is 12.5 Å². The van der Waals surface area contributed by atoms with Gasteiger partial charge in [-0.2, -0.15) is 0 Å². The number of nitrogens with one attached hydrogen (secondary N) is 1. The Morgan fingerprint density at radius 2 is 2.07 bits per heavy atom. The third-order valence-electron chi connectivity index (χ3n) is 2.11. The van der Waals surface area contributed by atoms with Gasteiger partial charge in [0.2, 0.25) is 5.91 Å². The monoisotopic (exact) mass is 208 g/mol. The highest BCUT2D eigenvalue weighted by atomic mass is 16.3. The van der Waals surface area contributed by atoms with Crippen LogP contribution in [-0.2, 0) is 4.79 Å². The molecule has 0 unspecified atom stereocenters. The molecule has 0 spiro atoms. The van der Waals surface area contributed by atoms with Gasteiger partial charge >= 0.3 is 0 Å². The van der Waals surface area contributed by atoms with Gasteiger partial charge in [0.15, 0.2) is 0 Å². The summed E-state index contributed by atoms with van der Waals surface area (Å²) < 4.78 is 0. The summed E-state index contributed by atoms with van der Waals surface area (Å²) in [5.41, 5.74) is 6.29. The first-order chi connectivity index (χ1) is 7.15. The lowest BCUT2D eigenvalue weighted by Gasteiger charge is -2.17. The molecule has 15 heavy (non-hydrogen) atoms. The summed E-state index contributed by atoms with van der Waals surface area (Å²) in [6.45, 7) is 1.47. The zero-order valence-electron chi connectivity index (χ0n) is 8.68. The number of rotatable bonds is 4. The van der Waals surface area contributed by atoms with Gasteiger partial charge in [0.1, 0.15) is 0 Å². The van der Waals surface area contributed by atoms with Crippen molar-refractivity contribution in [2.24, 2.45) is 5.73 Å². The minimum atomic E-state index is -0.567. The van der Waals surface area contributed by atoms with Crippen molar-refractivity contribution in [1.29, 1.82) is 0 Å². The smallest absolute Gasteiger partial charge is 0.237 e. The predicted octanol–water partition coefficient (Wildman–Crippen LogP) is 0.183. The van der Waals surface area contributed by atoms with Gasteiger partial charge in [-0.25, -0.2) is 0 Å². The number of aliphatic hydroxyl groups excluding tert-OH is 1. The Balaban J connectivity index is 2.69.